The van der Waals surface area contributed by atoms with Crippen molar-refractivity contribution in [3.63, 3.8) is 0 Å². The van der Waals surface area contributed by atoms with Crippen LogP contribution in [0.2, 0.25) is 0 Å². The second kappa shape index (κ2) is 12.7. The third kappa shape index (κ3) is 13.8. The van der Waals surface area contributed by atoms with Crippen LogP contribution in [0.1, 0.15) is 98.5 Å². The van der Waals surface area contributed by atoms with Gasteiger partial charge in [-0.25, -0.2) is 0 Å². The molecule has 1 unspecified atom stereocenters. The minimum Gasteiger partial charge on any atom is -0.508 e. The summed E-state index contributed by atoms with van der Waals surface area (Å²) in [6, 6.07) is 7.02. The number of esters is 2. The van der Waals surface area contributed by atoms with Gasteiger partial charge in [0, 0.05) is 6.42 Å². The summed E-state index contributed by atoms with van der Waals surface area (Å²) >= 11 is 0. The molecular formula is C26H42O5. The molecule has 0 aliphatic carbocycles. The van der Waals surface area contributed by atoms with Gasteiger partial charge in [-0.05, 0) is 78.5 Å². The van der Waals surface area contributed by atoms with Crippen LogP contribution in [0.15, 0.2) is 24.3 Å². The maximum Gasteiger partial charge on any atom is 0.309 e. The highest BCUT2D eigenvalue weighted by Gasteiger charge is 2.25. The van der Waals surface area contributed by atoms with Crippen LogP contribution >= 0.6 is 0 Å². The van der Waals surface area contributed by atoms with Crippen LogP contribution in [0.4, 0.5) is 0 Å². The fraction of sp³-hybridized carbons (Fsp3) is 0.692. The normalized spacial score (nSPS) is 13.0. The van der Waals surface area contributed by atoms with Crippen molar-refractivity contribution in [2.45, 2.75) is 111 Å². The number of aromatic hydroxyl groups is 1. The van der Waals surface area contributed by atoms with E-state index in [2.05, 4.69) is 0 Å². The lowest BCUT2D eigenvalue weighted by molar-refractivity contribution is -0.160. The number of carbonyl (C=O) groups is 2. The van der Waals surface area contributed by atoms with Crippen molar-refractivity contribution in [3.05, 3.63) is 29.8 Å². The van der Waals surface area contributed by atoms with Gasteiger partial charge >= 0.3 is 11.9 Å². The molecule has 31 heavy (non-hydrogen) atoms. The first-order valence-electron chi connectivity index (χ1n) is 11.6. The fourth-order valence-electron chi connectivity index (χ4n) is 3.36. The van der Waals surface area contributed by atoms with Crippen LogP contribution in [0.3, 0.4) is 0 Å². The minimum absolute atomic E-state index is 0.123. The number of unbranched alkanes of at least 4 members (excludes halogenated alkanes) is 5. The van der Waals surface area contributed by atoms with Crippen LogP contribution in [-0.2, 0) is 25.5 Å². The maximum atomic E-state index is 12.7. The summed E-state index contributed by atoms with van der Waals surface area (Å²) in [5.41, 5.74) is 0.108. The predicted molar refractivity (Wildman–Crippen MR) is 124 cm³/mol. The molecule has 1 rings (SSSR count). The summed E-state index contributed by atoms with van der Waals surface area (Å²) in [6.45, 7) is 11.3. The van der Waals surface area contributed by atoms with Crippen molar-refractivity contribution < 1.29 is 24.2 Å². The zero-order valence-electron chi connectivity index (χ0n) is 20.3. The van der Waals surface area contributed by atoms with E-state index in [0.717, 1.165) is 50.5 Å². The van der Waals surface area contributed by atoms with Gasteiger partial charge in [0.1, 0.15) is 17.0 Å². The molecule has 0 aromatic heterocycles. The Kier molecular flexibility index (Phi) is 11.1. The van der Waals surface area contributed by atoms with Gasteiger partial charge < -0.3 is 14.6 Å². The van der Waals surface area contributed by atoms with Crippen molar-refractivity contribution in [3.8, 4) is 5.75 Å². The molecule has 0 aliphatic rings. The van der Waals surface area contributed by atoms with Crippen LogP contribution in [0.25, 0.3) is 0 Å². The Labute approximate surface area is 188 Å². The number of carbonyl (C=O) groups excluding carboxylic acids is 2. The lowest BCUT2D eigenvalue weighted by atomic mass is 9.93. The second-order valence-electron chi connectivity index (χ2n) is 10.3. The lowest BCUT2D eigenvalue weighted by Crippen LogP contribution is -2.29. The summed E-state index contributed by atoms with van der Waals surface area (Å²) < 4.78 is 11.0. The monoisotopic (exact) mass is 434 g/mol. The first-order chi connectivity index (χ1) is 14.4. The van der Waals surface area contributed by atoms with Crippen molar-refractivity contribution in [1.29, 1.82) is 0 Å². The molecule has 0 spiro atoms. The number of hydrogen-bond acceptors (Lipinski definition) is 5. The third-order valence-corrected chi connectivity index (χ3v) is 4.76. The standard InChI is InChI=1S/C26H42O5/c1-25(2,3)30-23(28)14-12-10-8-7-9-11-13-21(24(29)31-26(4,5)6)19-20-15-17-22(27)18-16-20/h15-18,21,27H,7-14,19H2,1-6H3. The van der Waals surface area contributed by atoms with Gasteiger partial charge in [-0.3, -0.25) is 9.59 Å². The van der Waals surface area contributed by atoms with E-state index < -0.39 is 11.2 Å². The average Bonchev–Trinajstić information content (AvgIpc) is 2.61. The molecule has 0 aliphatic heterocycles. The van der Waals surface area contributed by atoms with E-state index in [0.29, 0.717) is 12.8 Å². The number of phenolic OH excluding ortho intramolecular Hbond substituents is 1. The van der Waals surface area contributed by atoms with Gasteiger partial charge in [0.15, 0.2) is 0 Å². The molecular weight excluding hydrogens is 392 g/mol. The minimum atomic E-state index is -0.502. The molecule has 1 N–H and O–H groups in total. The van der Waals surface area contributed by atoms with Crippen molar-refractivity contribution in [2.75, 3.05) is 0 Å². The van der Waals surface area contributed by atoms with Gasteiger partial charge in [-0.1, -0.05) is 44.2 Å². The summed E-state index contributed by atoms with van der Waals surface area (Å²) in [4.78, 5) is 24.4. The number of phenols is 1. The van der Waals surface area contributed by atoms with Crippen LogP contribution in [-0.4, -0.2) is 28.2 Å². The molecule has 1 atom stereocenters. The van der Waals surface area contributed by atoms with E-state index >= 15 is 0 Å². The summed E-state index contributed by atoms with van der Waals surface area (Å²) in [7, 11) is 0. The molecule has 0 radical (unpaired) electrons. The first kappa shape index (κ1) is 27.0. The smallest absolute Gasteiger partial charge is 0.309 e. The molecule has 1 aromatic rings. The topological polar surface area (TPSA) is 72.8 Å². The molecule has 0 bridgehead atoms. The highest BCUT2D eigenvalue weighted by molar-refractivity contribution is 5.73. The average molecular weight is 435 g/mol. The molecule has 0 heterocycles. The zero-order chi connectivity index (χ0) is 23.5. The van der Waals surface area contributed by atoms with Gasteiger partial charge in [-0.15, -0.1) is 0 Å². The SMILES string of the molecule is CC(C)(C)OC(=O)CCCCCCCCC(Cc1ccc(O)cc1)C(=O)OC(C)(C)C. The summed E-state index contributed by atoms with van der Waals surface area (Å²) in [5.74, 6) is -0.236. The molecule has 5 heteroatoms. The van der Waals surface area contributed by atoms with Crippen LogP contribution in [0.5, 0.6) is 5.75 Å². The molecule has 176 valence electrons. The second-order valence-corrected chi connectivity index (χ2v) is 10.3. The van der Waals surface area contributed by atoms with Crippen molar-refractivity contribution >= 4 is 11.9 Å². The van der Waals surface area contributed by atoms with Gasteiger partial charge in [0.2, 0.25) is 0 Å². The van der Waals surface area contributed by atoms with E-state index in [1.807, 2.05) is 53.7 Å². The number of rotatable bonds is 12. The Bertz CT molecular complexity index is 665. The van der Waals surface area contributed by atoms with E-state index in [-0.39, 0.29) is 23.6 Å². The Morgan fingerprint density at radius 2 is 1.32 bits per heavy atom. The Morgan fingerprint density at radius 1 is 0.806 bits per heavy atom. The number of benzene rings is 1. The summed E-state index contributed by atoms with van der Waals surface area (Å²) in [6.07, 6.45) is 7.95. The highest BCUT2D eigenvalue weighted by atomic mass is 16.6. The van der Waals surface area contributed by atoms with Gasteiger partial charge in [0.25, 0.3) is 0 Å². The molecule has 0 amide bonds. The Morgan fingerprint density at radius 3 is 1.87 bits per heavy atom. The maximum absolute atomic E-state index is 12.7. The first-order valence-corrected chi connectivity index (χ1v) is 11.6. The molecule has 0 saturated heterocycles. The van der Waals surface area contributed by atoms with Crippen LogP contribution in [0, 0.1) is 5.92 Å². The molecule has 0 saturated carbocycles. The third-order valence-electron chi connectivity index (χ3n) is 4.76. The number of ether oxygens (including phenoxy) is 2. The summed E-state index contributed by atoms with van der Waals surface area (Å²) in [5, 5.41) is 9.48. The zero-order valence-corrected chi connectivity index (χ0v) is 20.3. The quantitative estimate of drug-likeness (QED) is 0.306. The van der Waals surface area contributed by atoms with Gasteiger partial charge in [0.05, 0.1) is 5.92 Å². The molecule has 5 nitrogen and oxygen atoms in total. The van der Waals surface area contributed by atoms with E-state index in [1.165, 1.54) is 0 Å². The highest BCUT2D eigenvalue weighted by Crippen LogP contribution is 2.22. The lowest BCUT2D eigenvalue weighted by Gasteiger charge is -2.24. The van der Waals surface area contributed by atoms with E-state index in [9.17, 15) is 14.7 Å². The van der Waals surface area contributed by atoms with E-state index in [1.54, 1.807) is 12.1 Å². The van der Waals surface area contributed by atoms with Gasteiger partial charge in [-0.2, -0.15) is 0 Å². The molecule has 0 fully saturated rings. The predicted octanol–water partition coefficient (Wildman–Crippen LogP) is 6.36. The number of hydrogen-bond donors (Lipinski definition) is 1. The van der Waals surface area contributed by atoms with Crippen molar-refractivity contribution in [1.82, 2.24) is 0 Å². The van der Waals surface area contributed by atoms with Crippen LogP contribution < -0.4 is 0 Å². The Balaban J connectivity index is 2.36. The molecule has 1 aromatic carbocycles. The fourth-order valence-corrected chi connectivity index (χ4v) is 3.36. The largest absolute Gasteiger partial charge is 0.508 e. The Hall–Kier alpha value is -2.04. The van der Waals surface area contributed by atoms with Crippen molar-refractivity contribution in [2.24, 2.45) is 5.92 Å². The van der Waals surface area contributed by atoms with E-state index in [4.69, 9.17) is 9.47 Å².